The fraction of sp³-hybridized carbons (Fsp3) is 0.500. The quantitative estimate of drug-likeness (QED) is 0.639. The van der Waals surface area contributed by atoms with E-state index in [0.29, 0.717) is 51.1 Å². The summed E-state index contributed by atoms with van der Waals surface area (Å²) in [7, 11) is 0. The number of rotatable bonds is 3. The first kappa shape index (κ1) is 22.1. The molecule has 7 nitrogen and oxygen atoms in total. The Morgan fingerprint density at radius 3 is 2.58 bits per heavy atom. The van der Waals surface area contributed by atoms with Crippen LogP contribution in [0.4, 0.5) is 18.0 Å². The molecular weight excluding hydrogens is 461 g/mol. The summed E-state index contributed by atoms with van der Waals surface area (Å²) < 4.78 is 47.7. The van der Waals surface area contributed by atoms with Gasteiger partial charge in [-0.15, -0.1) is 0 Å². The van der Waals surface area contributed by atoms with Gasteiger partial charge >= 0.3 is 12.3 Å². The van der Waals surface area contributed by atoms with Gasteiger partial charge in [0.2, 0.25) is 0 Å². The van der Waals surface area contributed by atoms with Crippen molar-refractivity contribution in [3.05, 3.63) is 40.3 Å². The molecule has 2 fully saturated rings. The van der Waals surface area contributed by atoms with Crippen molar-refractivity contribution in [3.63, 3.8) is 0 Å². The van der Waals surface area contributed by atoms with Gasteiger partial charge in [-0.3, -0.25) is 9.20 Å². The smallest absolute Gasteiger partial charge is 0.420 e. The number of hydrogen-bond acceptors (Lipinski definition) is 4. The Morgan fingerprint density at radius 1 is 1.21 bits per heavy atom. The van der Waals surface area contributed by atoms with Gasteiger partial charge in [-0.25, -0.2) is 9.78 Å². The summed E-state index contributed by atoms with van der Waals surface area (Å²) in [6, 6.07) is 1.06. The molecule has 0 N–H and O–H groups in total. The standard InChI is InChI=1S/C22H22ClF3N4O3/c23-18-17(20(31)28-7-5-15(6-8-28)29-9-10-33-21(29)32)27-19-16(22(24,25)26)11-14(12-30(18)19)13-3-1-2-4-13/h3,11-12,15H,1-2,4-10H2. The number of nitrogens with zero attached hydrogens (tertiary/aromatic N) is 4. The maximum atomic E-state index is 13.9. The lowest BCUT2D eigenvalue weighted by Gasteiger charge is -2.35. The van der Waals surface area contributed by atoms with E-state index in [4.69, 9.17) is 16.3 Å². The number of carbonyl (C=O) groups is 2. The third kappa shape index (κ3) is 3.94. The predicted molar refractivity (Wildman–Crippen MR) is 114 cm³/mol. The molecule has 33 heavy (non-hydrogen) atoms. The normalized spacial score (nSPS) is 20.0. The van der Waals surface area contributed by atoms with Crippen LogP contribution < -0.4 is 0 Å². The maximum absolute atomic E-state index is 13.9. The topological polar surface area (TPSA) is 67.2 Å². The van der Waals surface area contributed by atoms with E-state index in [1.165, 1.54) is 15.5 Å². The van der Waals surface area contributed by atoms with Crippen molar-refractivity contribution in [2.75, 3.05) is 26.2 Å². The average Bonchev–Trinajstić information content (AvgIpc) is 3.53. The van der Waals surface area contributed by atoms with Crippen molar-refractivity contribution in [3.8, 4) is 0 Å². The number of piperidine rings is 1. The van der Waals surface area contributed by atoms with Crippen molar-refractivity contribution in [2.45, 2.75) is 44.3 Å². The summed E-state index contributed by atoms with van der Waals surface area (Å²) in [5.74, 6) is -0.513. The Morgan fingerprint density at radius 2 is 1.97 bits per heavy atom. The third-order valence-electron chi connectivity index (χ3n) is 6.57. The van der Waals surface area contributed by atoms with Crippen molar-refractivity contribution in [2.24, 2.45) is 0 Å². The van der Waals surface area contributed by atoms with Gasteiger partial charge in [-0.05, 0) is 49.3 Å². The summed E-state index contributed by atoms with van der Waals surface area (Å²) in [5, 5.41) is -0.133. The Hall–Kier alpha value is -2.75. The minimum atomic E-state index is -4.64. The summed E-state index contributed by atoms with van der Waals surface area (Å²) in [6.45, 7) is 1.58. The van der Waals surface area contributed by atoms with Gasteiger partial charge in [0, 0.05) is 25.3 Å². The number of likely N-dealkylation sites (tertiary alicyclic amines) is 1. The number of carbonyl (C=O) groups excluding carboxylic acids is 2. The number of amides is 2. The zero-order valence-electron chi connectivity index (χ0n) is 17.7. The molecule has 0 saturated carbocycles. The van der Waals surface area contributed by atoms with E-state index in [9.17, 15) is 22.8 Å². The summed E-state index contributed by atoms with van der Waals surface area (Å²) in [6.07, 6.45) is 1.97. The minimum Gasteiger partial charge on any atom is -0.448 e. The molecule has 0 bridgehead atoms. The van der Waals surface area contributed by atoms with E-state index in [-0.39, 0.29) is 28.6 Å². The number of pyridine rings is 1. The summed E-state index contributed by atoms with van der Waals surface area (Å²) >= 11 is 6.42. The molecule has 4 heterocycles. The van der Waals surface area contributed by atoms with Crippen LogP contribution in [0.25, 0.3) is 11.2 Å². The highest BCUT2D eigenvalue weighted by molar-refractivity contribution is 6.33. The molecule has 0 aromatic carbocycles. The number of allylic oxidation sites excluding steroid dienone is 2. The van der Waals surface area contributed by atoms with E-state index in [2.05, 4.69) is 4.98 Å². The van der Waals surface area contributed by atoms with E-state index < -0.39 is 17.6 Å². The van der Waals surface area contributed by atoms with Crippen LogP contribution in [-0.4, -0.2) is 63.5 Å². The second-order valence-electron chi connectivity index (χ2n) is 8.54. The Balaban J connectivity index is 1.44. The molecule has 0 spiro atoms. The molecule has 2 saturated heterocycles. The second-order valence-corrected chi connectivity index (χ2v) is 8.90. The number of fused-ring (bicyclic) bond motifs is 1. The molecule has 11 heteroatoms. The molecule has 0 atom stereocenters. The average molecular weight is 483 g/mol. The van der Waals surface area contributed by atoms with Gasteiger partial charge in [0.1, 0.15) is 11.8 Å². The molecule has 1 aliphatic carbocycles. The van der Waals surface area contributed by atoms with Gasteiger partial charge in [-0.1, -0.05) is 17.7 Å². The second kappa shape index (κ2) is 8.23. The highest BCUT2D eigenvalue weighted by Crippen LogP contribution is 2.38. The van der Waals surface area contributed by atoms with Crippen LogP contribution in [-0.2, 0) is 10.9 Å². The zero-order chi connectivity index (χ0) is 23.3. The molecule has 2 amide bonds. The first-order chi connectivity index (χ1) is 15.7. The van der Waals surface area contributed by atoms with Crippen LogP contribution in [0.3, 0.4) is 0 Å². The van der Waals surface area contributed by atoms with E-state index in [0.717, 1.165) is 24.5 Å². The summed E-state index contributed by atoms with van der Waals surface area (Å²) in [5.41, 5.74) is -0.224. The highest BCUT2D eigenvalue weighted by atomic mass is 35.5. The van der Waals surface area contributed by atoms with Gasteiger partial charge in [0.05, 0.1) is 12.1 Å². The molecule has 2 aliphatic heterocycles. The first-order valence-corrected chi connectivity index (χ1v) is 11.3. The van der Waals surface area contributed by atoms with Crippen LogP contribution >= 0.6 is 11.6 Å². The molecule has 0 radical (unpaired) electrons. The molecule has 2 aromatic rings. The third-order valence-corrected chi connectivity index (χ3v) is 6.93. The molecule has 5 rings (SSSR count). The Kier molecular flexibility index (Phi) is 5.50. The molecular formula is C22H22ClF3N4O3. The SMILES string of the molecule is O=C(c1nc2c(C(F)(F)F)cc(C3=CCCC3)cn2c1Cl)N1CCC(N2CCOC2=O)CC1. The van der Waals surface area contributed by atoms with Gasteiger partial charge in [0.25, 0.3) is 5.91 Å². The van der Waals surface area contributed by atoms with E-state index in [1.807, 2.05) is 6.08 Å². The minimum absolute atomic E-state index is 0.0281. The Labute approximate surface area is 192 Å². The van der Waals surface area contributed by atoms with Crippen LogP contribution in [0.2, 0.25) is 5.15 Å². The molecule has 2 aromatic heterocycles. The predicted octanol–water partition coefficient (Wildman–Crippen LogP) is 4.63. The van der Waals surface area contributed by atoms with Crippen molar-refractivity contribution >= 4 is 34.8 Å². The van der Waals surface area contributed by atoms with Gasteiger partial charge < -0.3 is 14.5 Å². The lowest BCUT2D eigenvalue weighted by molar-refractivity contribution is -0.136. The van der Waals surface area contributed by atoms with Crippen LogP contribution in [0, 0.1) is 0 Å². The fourth-order valence-electron chi connectivity index (χ4n) is 4.84. The van der Waals surface area contributed by atoms with Crippen LogP contribution in [0.5, 0.6) is 0 Å². The number of aromatic nitrogens is 2. The lowest BCUT2D eigenvalue weighted by Crippen LogP contribution is -2.47. The number of halogens is 4. The molecule has 0 unspecified atom stereocenters. The van der Waals surface area contributed by atoms with E-state index >= 15 is 0 Å². The number of alkyl halides is 3. The number of cyclic esters (lactones) is 1. The molecule has 176 valence electrons. The molecule has 3 aliphatic rings. The van der Waals surface area contributed by atoms with Gasteiger partial charge in [0.15, 0.2) is 11.3 Å². The number of hydrogen-bond donors (Lipinski definition) is 0. The number of ether oxygens (including phenoxy) is 1. The lowest BCUT2D eigenvalue weighted by atomic mass is 10.0. The summed E-state index contributed by atoms with van der Waals surface area (Å²) in [4.78, 5) is 32.2. The highest BCUT2D eigenvalue weighted by Gasteiger charge is 2.38. The van der Waals surface area contributed by atoms with Crippen LogP contribution in [0.1, 0.15) is 53.7 Å². The van der Waals surface area contributed by atoms with Crippen LogP contribution in [0.15, 0.2) is 18.3 Å². The number of imidazole rings is 1. The Bertz CT molecular complexity index is 1150. The first-order valence-electron chi connectivity index (χ1n) is 10.9. The van der Waals surface area contributed by atoms with Gasteiger partial charge in [-0.2, -0.15) is 13.2 Å². The largest absolute Gasteiger partial charge is 0.448 e. The van der Waals surface area contributed by atoms with Crippen molar-refractivity contribution in [1.82, 2.24) is 19.2 Å². The zero-order valence-corrected chi connectivity index (χ0v) is 18.5. The van der Waals surface area contributed by atoms with Crippen molar-refractivity contribution in [1.29, 1.82) is 0 Å². The fourth-order valence-corrected chi connectivity index (χ4v) is 5.09. The van der Waals surface area contributed by atoms with E-state index in [1.54, 1.807) is 4.90 Å². The maximum Gasteiger partial charge on any atom is 0.420 e. The van der Waals surface area contributed by atoms with Crippen molar-refractivity contribution < 1.29 is 27.5 Å². The monoisotopic (exact) mass is 482 g/mol.